The second-order valence-electron chi connectivity index (χ2n) is 4.59. The number of halogens is 5. The van der Waals surface area contributed by atoms with Crippen LogP contribution in [0.4, 0.5) is 17.3 Å². The second-order valence-corrected chi connectivity index (χ2v) is 5.00. The molecule has 2 aromatic rings. The van der Waals surface area contributed by atoms with Crippen LogP contribution in [-0.4, -0.2) is 6.98 Å². The molecule has 21 heavy (non-hydrogen) atoms. The summed E-state index contributed by atoms with van der Waals surface area (Å²) in [4.78, 5) is 0. The van der Waals surface area contributed by atoms with Gasteiger partial charge in [-0.15, -0.1) is 5.46 Å². The molecule has 0 amide bonds. The van der Waals surface area contributed by atoms with Crippen LogP contribution in [0.2, 0.25) is 5.02 Å². The minimum atomic E-state index is -5.05. The maximum absolute atomic E-state index is 13.6. The molecule has 2 aromatic carbocycles. The van der Waals surface area contributed by atoms with Gasteiger partial charge in [-0.25, -0.2) is 4.39 Å². The zero-order valence-corrected chi connectivity index (χ0v) is 11.8. The van der Waals surface area contributed by atoms with Gasteiger partial charge in [0, 0.05) is 5.56 Å². The maximum Gasteiger partial charge on any atom is 0.509 e. The Morgan fingerprint density at radius 2 is 1.86 bits per heavy atom. The van der Waals surface area contributed by atoms with Crippen LogP contribution >= 0.6 is 11.6 Å². The van der Waals surface area contributed by atoms with Crippen LogP contribution < -0.4 is 10.2 Å². The summed E-state index contributed by atoms with van der Waals surface area (Å²) < 4.78 is 56.8. The minimum absolute atomic E-state index is 0.150. The van der Waals surface area contributed by atoms with Crippen molar-refractivity contribution in [3.8, 4) is 5.75 Å². The number of ether oxygens (including phenoxy) is 1. The fourth-order valence-electron chi connectivity index (χ4n) is 1.86. The van der Waals surface area contributed by atoms with Crippen molar-refractivity contribution in [1.82, 2.24) is 0 Å². The van der Waals surface area contributed by atoms with E-state index in [-0.39, 0.29) is 22.9 Å². The van der Waals surface area contributed by atoms with Crippen molar-refractivity contribution in [2.24, 2.45) is 0 Å². The lowest BCUT2D eigenvalue weighted by molar-refractivity contribution is 0.298. The summed E-state index contributed by atoms with van der Waals surface area (Å²) in [5.74, 6) is -0.256. The summed E-state index contributed by atoms with van der Waals surface area (Å²) in [5.41, 5.74) is -0.189. The fraction of sp³-hybridized carbons (Fsp3) is 0.143. The van der Waals surface area contributed by atoms with Crippen molar-refractivity contribution in [2.75, 3.05) is 0 Å². The Morgan fingerprint density at radius 3 is 2.43 bits per heavy atom. The number of hydrogen-bond acceptors (Lipinski definition) is 1. The average molecular weight is 317 g/mol. The van der Waals surface area contributed by atoms with E-state index in [4.69, 9.17) is 16.3 Å². The van der Waals surface area contributed by atoms with E-state index >= 15 is 0 Å². The largest absolute Gasteiger partial charge is 0.509 e. The van der Waals surface area contributed by atoms with Gasteiger partial charge in [-0.05, 0) is 30.7 Å². The lowest BCUT2D eigenvalue weighted by atomic mass is 9.79. The third-order valence-electron chi connectivity index (χ3n) is 3.01. The van der Waals surface area contributed by atoms with E-state index in [2.05, 4.69) is 0 Å². The summed E-state index contributed by atoms with van der Waals surface area (Å²) in [6.45, 7) is -3.69. The van der Waals surface area contributed by atoms with E-state index in [1.54, 1.807) is 0 Å². The summed E-state index contributed by atoms with van der Waals surface area (Å²) in [5, 5.41) is 0.211. The smallest absolute Gasteiger partial charge is 0.488 e. The summed E-state index contributed by atoms with van der Waals surface area (Å²) in [7, 11) is 0. The van der Waals surface area contributed by atoms with Crippen molar-refractivity contribution in [3.05, 3.63) is 58.4 Å². The normalized spacial score (nSPS) is 11.5. The number of hydrogen-bond donors (Lipinski definition) is 0. The summed E-state index contributed by atoms with van der Waals surface area (Å²) in [6, 6.07) is 7.42. The monoisotopic (exact) mass is 317 g/mol. The first-order chi connectivity index (χ1) is 9.79. The van der Waals surface area contributed by atoms with Crippen LogP contribution in [0.1, 0.15) is 11.1 Å². The van der Waals surface area contributed by atoms with E-state index in [0.29, 0.717) is 5.56 Å². The van der Waals surface area contributed by atoms with Crippen LogP contribution in [0.5, 0.6) is 5.75 Å². The predicted octanol–water partition coefficient (Wildman–Crippen LogP) is 4.42. The quantitative estimate of drug-likeness (QED) is 0.599. The van der Waals surface area contributed by atoms with Gasteiger partial charge in [-0.2, -0.15) is 0 Å². The van der Waals surface area contributed by atoms with Crippen LogP contribution in [0.15, 0.2) is 36.4 Å². The zero-order valence-electron chi connectivity index (χ0n) is 11.0. The molecule has 0 fully saturated rings. The molecule has 0 aliphatic heterocycles. The second kappa shape index (κ2) is 5.97. The molecule has 0 aromatic heterocycles. The van der Waals surface area contributed by atoms with Crippen LogP contribution in [0.3, 0.4) is 0 Å². The summed E-state index contributed by atoms with van der Waals surface area (Å²) >= 11 is 5.85. The number of rotatable bonds is 4. The van der Waals surface area contributed by atoms with Gasteiger partial charge in [-0.3, -0.25) is 0 Å². The van der Waals surface area contributed by atoms with Crippen LogP contribution in [-0.2, 0) is 6.61 Å². The number of benzene rings is 2. The van der Waals surface area contributed by atoms with Gasteiger partial charge < -0.3 is 17.7 Å². The van der Waals surface area contributed by atoms with Crippen molar-refractivity contribution >= 4 is 24.0 Å². The Bertz CT molecular complexity index is 638. The van der Waals surface area contributed by atoms with Gasteiger partial charge in [-0.1, -0.05) is 29.8 Å². The van der Waals surface area contributed by atoms with Gasteiger partial charge in [0.05, 0.1) is 5.02 Å². The molecule has 0 N–H and O–H groups in total. The fourth-order valence-corrected chi connectivity index (χ4v) is 2.08. The molecule has 0 spiro atoms. The molecular formula is C14H11BClF4O-. The molecule has 1 nitrogen and oxygen atoms in total. The SMILES string of the molecule is Cc1cc([B-](F)(F)F)ccc1OCc1c(F)cccc1Cl. The molecule has 112 valence electrons. The topological polar surface area (TPSA) is 9.23 Å². The van der Waals surface area contributed by atoms with Gasteiger partial charge in [0.1, 0.15) is 18.2 Å². The Balaban J connectivity index is 2.18. The highest BCUT2D eigenvalue weighted by atomic mass is 35.5. The Labute approximate surface area is 124 Å². The Hall–Kier alpha value is -1.69. The van der Waals surface area contributed by atoms with E-state index in [0.717, 1.165) is 12.1 Å². The first-order valence-corrected chi connectivity index (χ1v) is 6.53. The molecule has 0 saturated heterocycles. The van der Waals surface area contributed by atoms with Gasteiger partial charge in [0.15, 0.2) is 0 Å². The molecular weight excluding hydrogens is 306 g/mol. The third-order valence-corrected chi connectivity index (χ3v) is 3.36. The molecule has 0 aliphatic rings. The predicted molar refractivity (Wildman–Crippen MR) is 75.6 cm³/mol. The molecule has 0 saturated carbocycles. The molecule has 2 rings (SSSR count). The molecule has 0 heterocycles. The van der Waals surface area contributed by atoms with Gasteiger partial charge >= 0.3 is 6.98 Å². The highest BCUT2D eigenvalue weighted by Crippen LogP contribution is 2.23. The first kappa shape index (κ1) is 15.7. The van der Waals surface area contributed by atoms with Crippen LogP contribution in [0, 0.1) is 12.7 Å². The summed E-state index contributed by atoms with van der Waals surface area (Å²) in [6.07, 6.45) is 0. The Morgan fingerprint density at radius 1 is 1.14 bits per heavy atom. The standard InChI is InChI=1S/C14H11BClF4O/c1-9-7-10(15(18,19)20)5-6-14(9)21-8-11-12(16)3-2-4-13(11)17/h2-7H,8H2,1H3/q-1. The third kappa shape index (κ3) is 3.70. The first-order valence-electron chi connectivity index (χ1n) is 6.15. The minimum Gasteiger partial charge on any atom is -0.488 e. The van der Waals surface area contributed by atoms with Gasteiger partial charge in [0.25, 0.3) is 0 Å². The highest BCUT2D eigenvalue weighted by Gasteiger charge is 2.25. The zero-order chi connectivity index (χ0) is 15.6. The maximum atomic E-state index is 13.6. The van der Waals surface area contributed by atoms with Crippen molar-refractivity contribution in [2.45, 2.75) is 13.5 Å². The Kier molecular flexibility index (Phi) is 4.47. The van der Waals surface area contributed by atoms with Crippen molar-refractivity contribution in [1.29, 1.82) is 0 Å². The molecule has 0 bridgehead atoms. The van der Waals surface area contributed by atoms with Gasteiger partial charge in [0.2, 0.25) is 0 Å². The molecule has 0 atom stereocenters. The lowest BCUT2D eigenvalue weighted by Gasteiger charge is -2.17. The molecule has 0 unspecified atom stereocenters. The molecule has 0 aliphatic carbocycles. The lowest BCUT2D eigenvalue weighted by Crippen LogP contribution is -2.34. The van der Waals surface area contributed by atoms with Crippen molar-refractivity contribution < 1.29 is 22.1 Å². The molecule has 7 heteroatoms. The van der Waals surface area contributed by atoms with E-state index in [1.165, 1.54) is 31.2 Å². The molecule has 0 radical (unpaired) electrons. The highest BCUT2D eigenvalue weighted by molar-refractivity contribution is 6.73. The van der Waals surface area contributed by atoms with E-state index < -0.39 is 18.3 Å². The van der Waals surface area contributed by atoms with E-state index in [1.807, 2.05) is 0 Å². The average Bonchev–Trinajstić information content (AvgIpc) is 2.38. The van der Waals surface area contributed by atoms with Crippen molar-refractivity contribution in [3.63, 3.8) is 0 Å². The van der Waals surface area contributed by atoms with Crippen LogP contribution in [0.25, 0.3) is 0 Å². The number of aryl methyl sites for hydroxylation is 1. The van der Waals surface area contributed by atoms with E-state index in [9.17, 15) is 17.3 Å².